The van der Waals surface area contributed by atoms with Crippen LogP contribution in [0.2, 0.25) is 0 Å². The molecule has 0 aromatic heterocycles. The fourth-order valence-corrected chi connectivity index (χ4v) is 3.39. The molecule has 40 heavy (non-hydrogen) atoms. The van der Waals surface area contributed by atoms with Gasteiger partial charge in [-0.2, -0.15) is 0 Å². The van der Waals surface area contributed by atoms with Crippen molar-refractivity contribution in [1.29, 1.82) is 0 Å². The second kappa shape index (κ2) is 15.9. The smallest absolute Gasteiger partial charge is 0.480 e. The molecule has 0 fully saturated rings. The third-order valence-corrected chi connectivity index (χ3v) is 6.70. The first-order valence-electron chi connectivity index (χ1n) is 13.3. The monoisotopic (exact) mass is 569 g/mol. The first-order valence-corrected chi connectivity index (χ1v) is 13.3. The van der Waals surface area contributed by atoms with Crippen molar-refractivity contribution in [1.82, 2.24) is 0 Å². The van der Waals surface area contributed by atoms with Gasteiger partial charge in [-0.15, -0.1) is 0 Å². The molecule has 12 heteroatoms. The van der Waals surface area contributed by atoms with E-state index in [1.54, 1.807) is 34.6 Å². The van der Waals surface area contributed by atoms with Crippen LogP contribution in [-0.2, 0) is 23.7 Å². The van der Waals surface area contributed by atoms with Gasteiger partial charge < -0.3 is 39.3 Å². The van der Waals surface area contributed by atoms with E-state index in [1.807, 2.05) is 27.7 Å². The summed E-state index contributed by atoms with van der Waals surface area (Å²) in [6.07, 6.45) is -4.73. The van der Waals surface area contributed by atoms with Crippen molar-refractivity contribution in [3.05, 3.63) is 23.8 Å². The standard InChI is InChI=1S/C28H43NO11/c1-10-35-26(32)38-19(9)16(6)23(24(29)25(30)31)20-11-12-21(39-27(33)36-17(7)14(2)3)22(13-20)40-28(34)37-18(8)15(4)5/h11-19,23-24H,10,29H2,1-9H3,(H,30,31)/t16?,17?,18?,19?,23?,24-/m0/s1. The summed E-state index contributed by atoms with van der Waals surface area (Å²) in [4.78, 5) is 48.8. The summed E-state index contributed by atoms with van der Waals surface area (Å²) in [5, 5.41) is 9.73. The van der Waals surface area contributed by atoms with Gasteiger partial charge in [-0.3, -0.25) is 4.79 Å². The lowest BCUT2D eigenvalue weighted by atomic mass is 9.79. The number of nitrogens with two attached hydrogens (primary N) is 1. The van der Waals surface area contributed by atoms with Crippen LogP contribution < -0.4 is 15.2 Å². The highest BCUT2D eigenvalue weighted by Gasteiger charge is 2.36. The summed E-state index contributed by atoms with van der Waals surface area (Å²) in [5.41, 5.74) is 6.38. The van der Waals surface area contributed by atoms with E-state index in [0.717, 1.165) is 0 Å². The molecular formula is C28H43NO11. The van der Waals surface area contributed by atoms with Crippen LogP contribution in [0.3, 0.4) is 0 Å². The van der Waals surface area contributed by atoms with Crippen LogP contribution in [0.5, 0.6) is 11.5 Å². The Labute approximate surface area is 235 Å². The quantitative estimate of drug-likeness (QED) is 0.174. The number of carbonyl (C=O) groups excluding carboxylic acids is 3. The van der Waals surface area contributed by atoms with Crippen molar-refractivity contribution < 1.29 is 52.7 Å². The molecule has 12 nitrogen and oxygen atoms in total. The van der Waals surface area contributed by atoms with Gasteiger partial charge in [-0.1, -0.05) is 40.7 Å². The van der Waals surface area contributed by atoms with E-state index in [-0.39, 0.29) is 29.9 Å². The van der Waals surface area contributed by atoms with Crippen LogP contribution in [0, 0.1) is 17.8 Å². The Bertz CT molecular complexity index is 1010. The molecule has 0 radical (unpaired) electrons. The molecule has 0 aliphatic carbocycles. The summed E-state index contributed by atoms with van der Waals surface area (Å²) in [6, 6.07) is 2.70. The Kier molecular flexibility index (Phi) is 13.7. The van der Waals surface area contributed by atoms with Crippen LogP contribution in [0.25, 0.3) is 0 Å². The molecule has 1 rings (SSSR count). The third kappa shape index (κ3) is 10.6. The van der Waals surface area contributed by atoms with E-state index in [1.165, 1.54) is 18.2 Å². The molecule has 0 saturated carbocycles. The van der Waals surface area contributed by atoms with Gasteiger partial charge in [0.15, 0.2) is 11.5 Å². The molecule has 0 amide bonds. The summed E-state index contributed by atoms with van der Waals surface area (Å²) in [7, 11) is 0. The normalized spacial score (nSPS) is 15.7. The highest BCUT2D eigenvalue weighted by molar-refractivity contribution is 5.75. The minimum Gasteiger partial charge on any atom is -0.480 e. The van der Waals surface area contributed by atoms with Gasteiger partial charge in [-0.05, 0) is 57.2 Å². The number of hydrogen-bond donors (Lipinski definition) is 2. The molecule has 1 aromatic carbocycles. The average molecular weight is 570 g/mol. The topological polar surface area (TPSA) is 170 Å². The molecule has 0 aliphatic rings. The fraction of sp³-hybridized carbons (Fsp3) is 0.643. The molecule has 0 aliphatic heterocycles. The highest BCUT2D eigenvalue weighted by atomic mass is 16.8. The zero-order valence-corrected chi connectivity index (χ0v) is 24.7. The first-order chi connectivity index (χ1) is 18.6. The van der Waals surface area contributed by atoms with Crippen molar-refractivity contribution in [3.8, 4) is 11.5 Å². The van der Waals surface area contributed by atoms with Crippen LogP contribution in [0.15, 0.2) is 18.2 Å². The van der Waals surface area contributed by atoms with Gasteiger partial charge in [-0.25, -0.2) is 14.4 Å². The van der Waals surface area contributed by atoms with Gasteiger partial charge in [0.25, 0.3) is 0 Å². The minimum atomic E-state index is -1.44. The second-order valence-corrected chi connectivity index (χ2v) is 10.3. The number of carboxylic acids is 1. The van der Waals surface area contributed by atoms with E-state index in [2.05, 4.69) is 0 Å². The number of benzene rings is 1. The van der Waals surface area contributed by atoms with Crippen molar-refractivity contribution in [3.63, 3.8) is 0 Å². The molecule has 3 N–H and O–H groups in total. The number of hydrogen-bond acceptors (Lipinski definition) is 11. The van der Waals surface area contributed by atoms with Crippen LogP contribution in [0.1, 0.15) is 73.8 Å². The number of aliphatic carboxylic acids is 1. The van der Waals surface area contributed by atoms with Crippen LogP contribution in [0.4, 0.5) is 14.4 Å². The Morgan fingerprint density at radius 3 is 1.68 bits per heavy atom. The van der Waals surface area contributed by atoms with E-state index < -0.39 is 60.6 Å². The lowest BCUT2D eigenvalue weighted by molar-refractivity contribution is -0.139. The number of ether oxygens (including phenoxy) is 6. The minimum absolute atomic E-state index is 0.00165. The predicted molar refractivity (Wildman–Crippen MR) is 144 cm³/mol. The Morgan fingerprint density at radius 1 is 0.750 bits per heavy atom. The van der Waals surface area contributed by atoms with Crippen molar-refractivity contribution in [2.24, 2.45) is 23.5 Å². The first kappa shape index (κ1) is 34.5. The average Bonchev–Trinajstić information content (AvgIpc) is 2.85. The van der Waals surface area contributed by atoms with Gasteiger partial charge in [0.05, 0.1) is 6.61 Å². The molecule has 226 valence electrons. The van der Waals surface area contributed by atoms with E-state index in [0.29, 0.717) is 5.56 Å². The van der Waals surface area contributed by atoms with Crippen molar-refractivity contribution in [2.45, 2.75) is 92.6 Å². The Morgan fingerprint density at radius 2 is 1.23 bits per heavy atom. The Hall–Kier alpha value is -3.54. The van der Waals surface area contributed by atoms with E-state index in [9.17, 15) is 24.3 Å². The van der Waals surface area contributed by atoms with Gasteiger partial charge >= 0.3 is 24.4 Å². The Balaban J connectivity index is 3.48. The summed E-state index contributed by atoms with van der Waals surface area (Å²) >= 11 is 0. The van der Waals surface area contributed by atoms with Crippen molar-refractivity contribution in [2.75, 3.05) is 6.61 Å². The largest absolute Gasteiger partial charge is 0.514 e. The molecule has 0 saturated heterocycles. The number of carbonyl (C=O) groups is 4. The van der Waals surface area contributed by atoms with Crippen molar-refractivity contribution >= 4 is 24.4 Å². The molecule has 0 heterocycles. The number of rotatable bonds is 13. The summed E-state index contributed by atoms with van der Waals surface area (Å²) < 4.78 is 31.4. The van der Waals surface area contributed by atoms with Gasteiger partial charge in [0.1, 0.15) is 24.4 Å². The maximum atomic E-state index is 12.6. The predicted octanol–water partition coefficient (Wildman–Crippen LogP) is 5.50. The van der Waals surface area contributed by atoms with Gasteiger partial charge in [0.2, 0.25) is 0 Å². The van der Waals surface area contributed by atoms with Gasteiger partial charge in [0, 0.05) is 11.8 Å². The summed E-state index contributed by atoms with van der Waals surface area (Å²) in [5.74, 6) is -3.24. The zero-order chi connectivity index (χ0) is 30.7. The zero-order valence-electron chi connectivity index (χ0n) is 24.7. The molecule has 5 unspecified atom stereocenters. The maximum Gasteiger partial charge on any atom is 0.514 e. The molecule has 0 spiro atoms. The van der Waals surface area contributed by atoms with Crippen LogP contribution in [-0.4, -0.2) is 60.5 Å². The van der Waals surface area contributed by atoms with E-state index in [4.69, 9.17) is 34.2 Å². The summed E-state index contributed by atoms with van der Waals surface area (Å²) in [6.45, 7) is 15.8. The SMILES string of the molecule is CCOC(=O)OC(C)C(C)C(c1ccc(OC(=O)OC(C)C(C)C)c(OC(=O)OC(C)C(C)C)c1)[C@H](N)C(=O)O. The fourth-order valence-electron chi connectivity index (χ4n) is 3.39. The lowest BCUT2D eigenvalue weighted by Gasteiger charge is -2.31. The van der Waals surface area contributed by atoms with Crippen LogP contribution >= 0.6 is 0 Å². The highest BCUT2D eigenvalue weighted by Crippen LogP contribution is 2.37. The third-order valence-electron chi connectivity index (χ3n) is 6.70. The molecule has 1 aromatic rings. The maximum absolute atomic E-state index is 12.6. The molecular weight excluding hydrogens is 526 g/mol. The van der Waals surface area contributed by atoms with E-state index >= 15 is 0 Å². The number of carboxylic acid groups (broad SMARTS) is 1. The molecule has 0 bridgehead atoms. The molecule has 6 atom stereocenters. The lowest BCUT2D eigenvalue weighted by Crippen LogP contribution is -2.42. The second-order valence-electron chi connectivity index (χ2n) is 10.3.